The van der Waals surface area contributed by atoms with Gasteiger partial charge in [-0.05, 0) is 73.2 Å². The summed E-state index contributed by atoms with van der Waals surface area (Å²) in [5.41, 5.74) is 7.06. The van der Waals surface area contributed by atoms with Crippen LogP contribution in [0.2, 0.25) is 0 Å². The quantitative estimate of drug-likeness (QED) is 0.589. The van der Waals surface area contributed by atoms with Crippen molar-refractivity contribution < 1.29 is 0 Å². The summed E-state index contributed by atoms with van der Waals surface area (Å²) in [4.78, 5) is 0. The van der Waals surface area contributed by atoms with E-state index in [1.54, 1.807) is 0 Å². The van der Waals surface area contributed by atoms with Gasteiger partial charge in [-0.15, -0.1) is 0 Å². The zero-order chi connectivity index (χ0) is 11.2. The molecule has 0 aromatic heterocycles. The standard InChI is InChI=1S/C15H18/c1-9-6-7-14-8-10(2)11(3)13(5)15(14)12(9)4/h6-8H,1-5H3. The second-order valence-electron chi connectivity index (χ2n) is 4.55. The maximum absolute atomic E-state index is 2.30. The zero-order valence-corrected chi connectivity index (χ0v) is 10.2. The lowest BCUT2D eigenvalue weighted by Gasteiger charge is -2.13. The van der Waals surface area contributed by atoms with Gasteiger partial charge in [0.05, 0.1) is 0 Å². The maximum atomic E-state index is 2.30. The van der Waals surface area contributed by atoms with E-state index in [1.165, 1.54) is 38.6 Å². The van der Waals surface area contributed by atoms with E-state index in [9.17, 15) is 0 Å². The molecule has 0 saturated heterocycles. The van der Waals surface area contributed by atoms with Crippen LogP contribution >= 0.6 is 0 Å². The van der Waals surface area contributed by atoms with Crippen molar-refractivity contribution >= 4 is 10.8 Å². The van der Waals surface area contributed by atoms with Crippen LogP contribution in [0.4, 0.5) is 0 Å². The predicted molar refractivity (Wildman–Crippen MR) is 67.6 cm³/mol. The van der Waals surface area contributed by atoms with Crippen LogP contribution in [0.15, 0.2) is 18.2 Å². The van der Waals surface area contributed by atoms with Gasteiger partial charge in [-0.1, -0.05) is 18.2 Å². The lowest BCUT2D eigenvalue weighted by Crippen LogP contribution is -1.92. The van der Waals surface area contributed by atoms with Crippen LogP contribution in [0.25, 0.3) is 10.8 Å². The van der Waals surface area contributed by atoms with Crippen molar-refractivity contribution in [2.45, 2.75) is 34.6 Å². The molecule has 2 aromatic carbocycles. The summed E-state index contributed by atoms with van der Waals surface area (Å²) in [5.74, 6) is 0. The normalized spacial score (nSPS) is 11.0. The fourth-order valence-corrected chi connectivity index (χ4v) is 2.28. The van der Waals surface area contributed by atoms with Crippen molar-refractivity contribution in [1.82, 2.24) is 0 Å². The Labute approximate surface area is 91.9 Å². The van der Waals surface area contributed by atoms with E-state index in [4.69, 9.17) is 0 Å². The number of fused-ring (bicyclic) bond motifs is 1. The van der Waals surface area contributed by atoms with Crippen molar-refractivity contribution in [2.75, 3.05) is 0 Å². The summed E-state index contributed by atoms with van der Waals surface area (Å²) >= 11 is 0. The summed E-state index contributed by atoms with van der Waals surface area (Å²) in [5, 5.41) is 2.82. The van der Waals surface area contributed by atoms with Gasteiger partial charge in [0, 0.05) is 0 Å². The van der Waals surface area contributed by atoms with Crippen LogP contribution < -0.4 is 0 Å². The molecule has 0 amide bonds. The molecule has 0 radical (unpaired) electrons. The van der Waals surface area contributed by atoms with Crippen LogP contribution in [0.3, 0.4) is 0 Å². The lowest BCUT2D eigenvalue weighted by molar-refractivity contribution is 1.28. The highest BCUT2D eigenvalue weighted by Gasteiger charge is 2.07. The molecule has 2 rings (SSSR count). The van der Waals surface area contributed by atoms with Crippen LogP contribution in [-0.4, -0.2) is 0 Å². The summed E-state index contributed by atoms with van der Waals surface area (Å²) in [6, 6.07) is 6.74. The third kappa shape index (κ3) is 1.45. The van der Waals surface area contributed by atoms with Gasteiger partial charge in [-0.3, -0.25) is 0 Å². The minimum absolute atomic E-state index is 1.37. The van der Waals surface area contributed by atoms with E-state index in [2.05, 4.69) is 52.8 Å². The highest BCUT2D eigenvalue weighted by Crippen LogP contribution is 2.28. The van der Waals surface area contributed by atoms with E-state index in [-0.39, 0.29) is 0 Å². The van der Waals surface area contributed by atoms with Gasteiger partial charge in [0.25, 0.3) is 0 Å². The van der Waals surface area contributed by atoms with Crippen molar-refractivity contribution in [3.63, 3.8) is 0 Å². The van der Waals surface area contributed by atoms with Gasteiger partial charge in [0.1, 0.15) is 0 Å². The Bertz CT molecular complexity index is 533. The Morgan fingerprint density at radius 1 is 0.667 bits per heavy atom. The van der Waals surface area contributed by atoms with Gasteiger partial charge >= 0.3 is 0 Å². The monoisotopic (exact) mass is 198 g/mol. The first-order chi connectivity index (χ1) is 7.02. The topological polar surface area (TPSA) is 0 Å². The van der Waals surface area contributed by atoms with Crippen molar-refractivity contribution in [3.8, 4) is 0 Å². The average Bonchev–Trinajstić information content (AvgIpc) is 2.20. The van der Waals surface area contributed by atoms with Crippen molar-refractivity contribution in [2.24, 2.45) is 0 Å². The number of benzene rings is 2. The first-order valence-electron chi connectivity index (χ1n) is 5.49. The van der Waals surface area contributed by atoms with E-state index < -0.39 is 0 Å². The largest absolute Gasteiger partial charge is 0.0584 e. The van der Waals surface area contributed by atoms with Crippen LogP contribution in [-0.2, 0) is 0 Å². The molecule has 0 aliphatic rings. The maximum Gasteiger partial charge on any atom is -0.0120 e. The van der Waals surface area contributed by atoms with Gasteiger partial charge in [0.15, 0.2) is 0 Å². The summed E-state index contributed by atoms with van der Waals surface area (Å²) in [6.45, 7) is 11.0. The SMILES string of the molecule is Cc1cc2ccc(C)c(C)c2c(C)c1C. The molecule has 0 atom stereocenters. The molecule has 0 heteroatoms. The Balaban J connectivity index is 3.00. The molecule has 0 bridgehead atoms. The molecule has 0 nitrogen and oxygen atoms in total. The molecule has 0 aliphatic heterocycles. The molecule has 0 spiro atoms. The number of hydrogen-bond donors (Lipinski definition) is 0. The first-order valence-corrected chi connectivity index (χ1v) is 5.49. The van der Waals surface area contributed by atoms with Gasteiger partial charge in [-0.2, -0.15) is 0 Å². The fourth-order valence-electron chi connectivity index (χ4n) is 2.28. The second kappa shape index (κ2) is 3.37. The van der Waals surface area contributed by atoms with E-state index >= 15 is 0 Å². The highest BCUT2D eigenvalue weighted by atomic mass is 14.1. The number of aryl methyl sites for hydroxylation is 4. The molecule has 78 valence electrons. The van der Waals surface area contributed by atoms with Gasteiger partial charge < -0.3 is 0 Å². The highest BCUT2D eigenvalue weighted by molar-refractivity contribution is 5.91. The summed E-state index contributed by atoms with van der Waals surface area (Å²) < 4.78 is 0. The average molecular weight is 198 g/mol. The zero-order valence-electron chi connectivity index (χ0n) is 10.2. The van der Waals surface area contributed by atoms with Crippen LogP contribution in [0, 0.1) is 34.6 Å². The minimum Gasteiger partial charge on any atom is -0.0584 e. The Morgan fingerprint density at radius 2 is 1.33 bits per heavy atom. The molecule has 15 heavy (non-hydrogen) atoms. The molecule has 0 fully saturated rings. The first kappa shape index (κ1) is 10.2. The Kier molecular flexibility index (Phi) is 2.30. The van der Waals surface area contributed by atoms with E-state index in [0.717, 1.165) is 0 Å². The molecule has 0 aliphatic carbocycles. The Hall–Kier alpha value is -1.30. The molecular weight excluding hydrogens is 180 g/mol. The molecule has 0 saturated carbocycles. The second-order valence-corrected chi connectivity index (χ2v) is 4.55. The molecule has 0 heterocycles. The smallest absolute Gasteiger partial charge is 0.0120 e. The molecule has 0 N–H and O–H groups in total. The molecule has 0 unspecified atom stereocenters. The third-order valence-electron chi connectivity index (χ3n) is 3.67. The summed E-state index contributed by atoms with van der Waals surface area (Å²) in [7, 11) is 0. The predicted octanol–water partition coefficient (Wildman–Crippen LogP) is 4.38. The molecule has 2 aromatic rings. The van der Waals surface area contributed by atoms with E-state index in [1.807, 2.05) is 0 Å². The molecular formula is C15H18. The Morgan fingerprint density at radius 3 is 2.00 bits per heavy atom. The lowest BCUT2D eigenvalue weighted by atomic mass is 9.92. The number of hydrogen-bond acceptors (Lipinski definition) is 0. The number of rotatable bonds is 0. The van der Waals surface area contributed by atoms with Gasteiger partial charge in [-0.25, -0.2) is 0 Å². The third-order valence-corrected chi connectivity index (χ3v) is 3.67. The summed E-state index contributed by atoms with van der Waals surface area (Å²) in [6.07, 6.45) is 0. The van der Waals surface area contributed by atoms with Crippen LogP contribution in [0.5, 0.6) is 0 Å². The van der Waals surface area contributed by atoms with Crippen LogP contribution in [0.1, 0.15) is 27.8 Å². The van der Waals surface area contributed by atoms with Crippen molar-refractivity contribution in [1.29, 1.82) is 0 Å². The minimum atomic E-state index is 1.37. The van der Waals surface area contributed by atoms with Gasteiger partial charge in [0.2, 0.25) is 0 Å². The van der Waals surface area contributed by atoms with Crippen molar-refractivity contribution in [3.05, 3.63) is 46.0 Å². The van der Waals surface area contributed by atoms with E-state index in [0.29, 0.717) is 0 Å². The fraction of sp³-hybridized carbons (Fsp3) is 0.333.